The molecule has 3 aromatic rings. The molecule has 3 saturated heterocycles. The zero-order valence-corrected chi connectivity index (χ0v) is 18.2. The zero-order chi connectivity index (χ0) is 21.4. The van der Waals surface area contributed by atoms with Crippen molar-refractivity contribution in [3.63, 3.8) is 0 Å². The summed E-state index contributed by atoms with van der Waals surface area (Å²) in [6.07, 6.45) is 5.65. The molecule has 0 amide bonds. The molecule has 1 N–H and O–H groups in total. The van der Waals surface area contributed by atoms with E-state index in [2.05, 4.69) is 48.0 Å². The molecular weight excluding hydrogens is 384 g/mol. The number of nitrogens with zero attached hydrogens (tertiary/aromatic N) is 2. The van der Waals surface area contributed by atoms with Crippen molar-refractivity contribution >= 4 is 10.9 Å². The van der Waals surface area contributed by atoms with Crippen LogP contribution in [0.25, 0.3) is 10.9 Å². The Labute approximate surface area is 184 Å². The van der Waals surface area contributed by atoms with Crippen LogP contribution in [0.5, 0.6) is 5.75 Å². The number of methoxy groups -OCH3 is 1. The summed E-state index contributed by atoms with van der Waals surface area (Å²) < 4.78 is 6.38. The molecule has 3 aliphatic rings. The van der Waals surface area contributed by atoms with Crippen LogP contribution in [0.3, 0.4) is 0 Å². The van der Waals surface area contributed by atoms with Crippen LogP contribution in [0.4, 0.5) is 0 Å². The lowest BCUT2D eigenvalue weighted by Gasteiger charge is -2.58. The predicted octanol–water partition coefficient (Wildman–Crippen LogP) is 4.89. The zero-order valence-electron chi connectivity index (χ0n) is 18.2. The van der Waals surface area contributed by atoms with Crippen molar-refractivity contribution < 1.29 is 14.3 Å². The molecular formula is C27H31N2O2+. The van der Waals surface area contributed by atoms with Gasteiger partial charge in [0.2, 0.25) is 0 Å². The van der Waals surface area contributed by atoms with E-state index in [1.165, 1.54) is 12.0 Å². The lowest BCUT2D eigenvalue weighted by molar-refractivity contribution is -0.984. The number of quaternary nitrogens is 1. The monoisotopic (exact) mass is 415 g/mol. The van der Waals surface area contributed by atoms with E-state index >= 15 is 0 Å². The van der Waals surface area contributed by atoms with Crippen molar-refractivity contribution in [1.82, 2.24) is 4.98 Å². The minimum absolute atomic E-state index is 0.159. The van der Waals surface area contributed by atoms with Crippen LogP contribution in [0, 0.1) is 11.8 Å². The largest absolute Gasteiger partial charge is 0.497 e. The van der Waals surface area contributed by atoms with Crippen molar-refractivity contribution in [2.45, 2.75) is 31.5 Å². The normalized spacial score (nSPS) is 28.4. The van der Waals surface area contributed by atoms with E-state index in [9.17, 15) is 5.11 Å². The van der Waals surface area contributed by atoms with E-state index < -0.39 is 6.10 Å². The third-order valence-corrected chi connectivity index (χ3v) is 7.68. The van der Waals surface area contributed by atoms with Gasteiger partial charge in [0.25, 0.3) is 0 Å². The van der Waals surface area contributed by atoms with Gasteiger partial charge in [-0.1, -0.05) is 36.4 Å². The quantitative estimate of drug-likeness (QED) is 0.460. The van der Waals surface area contributed by atoms with E-state index in [0.29, 0.717) is 11.8 Å². The molecule has 3 aliphatic heterocycles. The van der Waals surface area contributed by atoms with Gasteiger partial charge >= 0.3 is 0 Å². The first-order chi connectivity index (χ1) is 15.1. The van der Waals surface area contributed by atoms with Crippen LogP contribution in [0.1, 0.15) is 30.1 Å². The Morgan fingerprint density at radius 1 is 1.23 bits per heavy atom. The fourth-order valence-electron chi connectivity index (χ4n) is 6.07. The molecule has 0 spiro atoms. The number of benzene rings is 2. The van der Waals surface area contributed by atoms with Gasteiger partial charge in [0.15, 0.2) is 0 Å². The highest BCUT2D eigenvalue weighted by Gasteiger charge is 2.53. The number of piperidine rings is 3. The molecule has 0 radical (unpaired) electrons. The third-order valence-electron chi connectivity index (χ3n) is 7.68. The Kier molecular flexibility index (Phi) is 5.28. The molecule has 2 bridgehead atoms. The maximum absolute atomic E-state index is 11.8. The first-order valence-corrected chi connectivity index (χ1v) is 11.3. The highest BCUT2D eigenvalue weighted by atomic mass is 16.5. The number of ether oxygens (including phenoxy) is 1. The van der Waals surface area contributed by atoms with Crippen LogP contribution < -0.4 is 4.74 Å². The van der Waals surface area contributed by atoms with E-state index in [0.717, 1.165) is 52.8 Å². The van der Waals surface area contributed by atoms with Crippen molar-refractivity contribution in [2.24, 2.45) is 11.8 Å². The smallest absolute Gasteiger partial charge is 0.131 e. The van der Waals surface area contributed by atoms with Gasteiger partial charge in [0.1, 0.15) is 24.4 Å². The molecule has 5 atom stereocenters. The molecule has 4 heterocycles. The molecule has 0 aliphatic carbocycles. The molecule has 6 rings (SSSR count). The summed E-state index contributed by atoms with van der Waals surface area (Å²) in [6, 6.07) is 18.8. The summed E-state index contributed by atoms with van der Waals surface area (Å²) in [6.45, 7) is 7.25. The number of pyridine rings is 1. The van der Waals surface area contributed by atoms with E-state index in [4.69, 9.17) is 4.74 Å². The van der Waals surface area contributed by atoms with Crippen LogP contribution in [0.2, 0.25) is 0 Å². The molecule has 0 saturated carbocycles. The van der Waals surface area contributed by atoms with Crippen molar-refractivity contribution in [3.05, 3.63) is 84.6 Å². The molecule has 4 heteroatoms. The number of aliphatic hydroxyl groups is 1. The van der Waals surface area contributed by atoms with Gasteiger partial charge in [-0.05, 0) is 35.7 Å². The minimum atomic E-state index is -0.546. The van der Waals surface area contributed by atoms with Gasteiger partial charge in [-0.25, -0.2) is 0 Å². The molecule has 2 aromatic carbocycles. The second-order valence-corrected chi connectivity index (χ2v) is 9.25. The molecule has 3 unspecified atom stereocenters. The number of hydrogen-bond donors (Lipinski definition) is 1. The third kappa shape index (κ3) is 3.54. The highest BCUT2D eigenvalue weighted by molar-refractivity contribution is 5.83. The first kappa shape index (κ1) is 20.2. The Morgan fingerprint density at radius 3 is 2.84 bits per heavy atom. The lowest BCUT2D eigenvalue weighted by Crippen LogP contribution is -2.67. The van der Waals surface area contributed by atoms with E-state index in [1.807, 2.05) is 30.5 Å². The minimum Gasteiger partial charge on any atom is -0.497 e. The highest BCUT2D eigenvalue weighted by Crippen LogP contribution is 2.48. The number of fused-ring (bicyclic) bond motifs is 4. The van der Waals surface area contributed by atoms with Crippen molar-refractivity contribution in [2.75, 3.05) is 20.2 Å². The topological polar surface area (TPSA) is 42.4 Å². The first-order valence-electron chi connectivity index (χ1n) is 11.3. The summed E-state index contributed by atoms with van der Waals surface area (Å²) in [4.78, 5) is 4.52. The van der Waals surface area contributed by atoms with Crippen molar-refractivity contribution in [1.29, 1.82) is 0 Å². The van der Waals surface area contributed by atoms with Gasteiger partial charge in [-0.2, -0.15) is 0 Å². The Balaban J connectivity index is 1.56. The van der Waals surface area contributed by atoms with Crippen LogP contribution in [0.15, 0.2) is 73.4 Å². The molecule has 1 aromatic heterocycles. The fraction of sp³-hybridized carbons (Fsp3) is 0.370. The van der Waals surface area contributed by atoms with Gasteiger partial charge in [-0.3, -0.25) is 4.98 Å². The fourth-order valence-corrected chi connectivity index (χ4v) is 6.07. The summed E-state index contributed by atoms with van der Waals surface area (Å²) in [5, 5.41) is 12.8. The molecule has 31 heavy (non-hydrogen) atoms. The Bertz CT molecular complexity index is 1080. The summed E-state index contributed by atoms with van der Waals surface area (Å²) in [5.41, 5.74) is 3.19. The van der Waals surface area contributed by atoms with Gasteiger partial charge in [0.05, 0.1) is 25.7 Å². The van der Waals surface area contributed by atoms with Crippen LogP contribution >= 0.6 is 0 Å². The maximum Gasteiger partial charge on any atom is 0.131 e. The Hall–Kier alpha value is -2.69. The molecule has 160 valence electrons. The standard InChI is InChI=1S/C27H31N2O2/c1-3-20-18-29(17-19-7-5-4-6-8-19)14-12-21(20)15-26(29)27(30)23-11-13-28-25-10-9-22(31-2)16-24(23)25/h3-11,13,16,20-21,26-27,30H,1,12,14-15,17-18H2,2H3/q+1/t20?,21?,26?,27-,29-/m0/s1. The molecule has 4 nitrogen and oxygen atoms in total. The predicted molar refractivity (Wildman–Crippen MR) is 124 cm³/mol. The maximum atomic E-state index is 11.8. The van der Waals surface area contributed by atoms with Gasteiger partial charge in [-0.15, -0.1) is 6.58 Å². The SMILES string of the molecule is C=CC1C[N@@+]2(Cc3ccccc3)CCC1CC2[C@@H](O)c1ccnc2ccc(OC)cc12. The summed E-state index contributed by atoms with van der Waals surface area (Å²) in [5.74, 6) is 1.92. The number of hydrogen-bond acceptors (Lipinski definition) is 3. The number of rotatable bonds is 6. The lowest BCUT2D eigenvalue weighted by atomic mass is 9.71. The van der Waals surface area contributed by atoms with E-state index in [-0.39, 0.29) is 6.04 Å². The second-order valence-electron chi connectivity index (χ2n) is 9.25. The average Bonchev–Trinajstić information content (AvgIpc) is 2.83. The van der Waals surface area contributed by atoms with Gasteiger partial charge in [0, 0.05) is 35.9 Å². The number of aliphatic hydroxyl groups excluding tert-OH is 1. The van der Waals surface area contributed by atoms with Gasteiger partial charge < -0.3 is 14.3 Å². The number of aromatic nitrogens is 1. The average molecular weight is 416 g/mol. The van der Waals surface area contributed by atoms with Crippen LogP contribution in [-0.4, -0.2) is 40.8 Å². The molecule has 3 fully saturated rings. The second kappa shape index (κ2) is 8.10. The Morgan fingerprint density at radius 2 is 2.06 bits per heavy atom. The summed E-state index contributed by atoms with van der Waals surface area (Å²) in [7, 11) is 1.68. The van der Waals surface area contributed by atoms with E-state index in [1.54, 1.807) is 7.11 Å². The van der Waals surface area contributed by atoms with Crippen LogP contribution in [-0.2, 0) is 6.54 Å². The van der Waals surface area contributed by atoms with Crippen molar-refractivity contribution in [3.8, 4) is 5.75 Å². The summed E-state index contributed by atoms with van der Waals surface area (Å²) >= 11 is 0.